The summed E-state index contributed by atoms with van der Waals surface area (Å²) in [6, 6.07) is 8.92. The number of rotatable bonds is 8. The number of nitrogen functional groups attached to an aromatic ring is 1. The maximum absolute atomic E-state index is 12.2. The summed E-state index contributed by atoms with van der Waals surface area (Å²) in [6.07, 6.45) is 3.79. The van der Waals surface area contributed by atoms with E-state index in [0.717, 1.165) is 24.1 Å². The van der Waals surface area contributed by atoms with Crippen molar-refractivity contribution in [2.75, 3.05) is 31.2 Å². The van der Waals surface area contributed by atoms with Gasteiger partial charge in [0.2, 0.25) is 5.88 Å². The SMILES string of the molecule is CNCCCOc1ccc(-c2ccc(Cl)c(NC(=O)c3coc(N)n3)c2)cn1. The number of aromatic nitrogens is 2. The minimum absolute atomic E-state index is 0.0698. The number of hydrogen-bond donors (Lipinski definition) is 3. The zero-order valence-corrected chi connectivity index (χ0v) is 16.0. The predicted octanol–water partition coefficient (Wildman–Crippen LogP) is 3.21. The number of ether oxygens (including phenoxy) is 1. The van der Waals surface area contributed by atoms with Gasteiger partial charge < -0.3 is 25.5 Å². The van der Waals surface area contributed by atoms with Crippen LogP contribution in [-0.4, -0.2) is 36.1 Å². The minimum atomic E-state index is -0.469. The summed E-state index contributed by atoms with van der Waals surface area (Å²) < 4.78 is 10.4. The maximum Gasteiger partial charge on any atom is 0.292 e. The van der Waals surface area contributed by atoms with Gasteiger partial charge in [-0.2, -0.15) is 4.98 Å². The molecule has 9 heteroatoms. The van der Waals surface area contributed by atoms with Crippen LogP contribution < -0.4 is 21.1 Å². The summed E-state index contributed by atoms with van der Waals surface area (Å²) in [4.78, 5) is 20.3. The van der Waals surface area contributed by atoms with Crippen molar-refractivity contribution < 1.29 is 13.9 Å². The second kappa shape index (κ2) is 9.20. The Kier molecular flexibility index (Phi) is 6.46. The fourth-order valence-corrected chi connectivity index (χ4v) is 2.61. The summed E-state index contributed by atoms with van der Waals surface area (Å²) in [7, 11) is 1.90. The van der Waals surface area contributed by atoms with Crippen molar-refractivity contribution in [2.24, 2.45) is 0 Å². The highest BCUT2D eigenvalue weighted by molar-refractivity contribution is 6.34. The number of hydrogen-bond acceptors (Lipinski definition) is 7. The number of pyridine rings is 1. The highest BCUT2D eigenvalue weighted by atomic mass is 35.5. The van der Waals surface area contributed by atoms with Crippen molar-refractivity contribution in [3.63, 3.8) is 0 Å². The van der Waals surface area contributed by atoms with Crippen LogP contribution in [-0.2, 0) is 0 Å². The van der Waals surface area contributed by atoms with Crippen LogP contribution in [0.1, 0.15) is 16.9 Å². The third kappa shape index (κ3) is 4.99. The maximum atomic E-state index is 12.2. The standard InChI is InChI=1S/C19H20ClN5O3/c1-22-7-2-8-27-17-6-4-13(10-23-17)12-3-5-14(20)15(9-12)24-18(26)16-11-28-19(21)25-16/h3-6,9-11,22H,2,7-8H2,1H3,(H2,21,25)(H,24,26). The monoisotopic (exact) mass is 401 g/mol. The highest BCUT2D eigenvalue weighted by Gasteiger charge is 2.13. The van der Waals surface area contributed by atoms with Crippen molar-refractivity contribution >= 4 is 29.2 Å². The molecule has 0 bridgehead atoms. The number of carbonyl (C=O) groups is 1. The summed E-state index contributed by atoms with van der Waals surface area (Å²) in [5, 5.41) is 6.16. The molecule has 4 N–H and O–H groups in total. The van der Waals surface area contributed by atoms with E-state index in [2.05, 4.69) is 20.6 Å². The molecule has 1 aromatic carbocycles. The first kappa shape index (κ1) is 19.7. The largest absolute Gasteiger partial charge is 0.478 e. The first-order valence-corrected chi connectivity index (χ1v) is 9.00. The third-order valence-corrected chi connectivity index (χ3v) is 4.19. The number of nitrogens with zero attached hydrogens (tertiary/aromatic N) is 2. The molecule has 146 valence electrons. The molecular formula is C19H20ClN5O3. The molecule has 0 aliphatic rings. The van der Waals surface area contributed by atoms with Gasteiger partial charge in [-0.15, -0.1) is 0 Å². The number of halogens is 1. The van der Waals surface area contributed by atoms with Crippen LogP contribution in [0.25, 0.3) is 11.1 Å². The van der Waals surface area contributed by atoms with Gasteiger partial charge in [-0.3, -0.25) is 4.79 Å². The minimum Gasteiger partial charge on any atom is -0.478 e. The molecule has 3 rings (SSSR count). The zero-order valence-electron chi connectivity index (χ0n) is 15.2. The van der Waals surface area contributed by atoms with Crippen molar-refractivity contribution in [2.45, 2.75) is 6.42 Å². The second-order valence-electron chi connectivity index (χ2n) is 5.91. The van der Waals surface area contributed by atoms with Crippen LogP contribution in [0, 0.1) is 0 Å². The fourth-order valence-electron chi connectivity index (χ4n) is 2.44. The molecule has 0 saturated heterocycles. The molecule has 0 fully saturated rings. The number of nitrogens with one attached hydrogen (secondary N) is 2. The average molecular weight is 402 g/mol. The van der Waals surface area contributed by atoms with E-state index >= 15 is 0 Å². The van der Waals surface area contributed by atoms with Crippen LogP contribution in [0.2, 0.25) is 5.02 Å². The Balaban J connectivity index is 1.71. The van der Waals surface area contributed by atoms with Gasteiger partial charge in [0.15, 0.2) is 5.69 Å². The molecule has 0 aliphatic heterocycles. The molecule has 0 spiro atoms. The molecule has 28 heavy (non-hydrogen) atoms. The lowest BCUT2D eigenvalue weighted by Crippen LogP contribution is -2.12. The number of anilines is 2. The van der Waals surface area contributed by atoms with E-state index in [0.29, 0.717) is 23.2 Å². The topological polar surface area (TPSA) is 115 Å². The van der Waals surface area contributed by atoms with Crippen LogP contribution in [0.5, 0.6) is 5.88 Å². The van der Waals surface area contributed by atoms with Crippen LogP contribution in [0.4, 0.5) is 11.7 Å². The van der Waals surface area contributed by atoms with Gasteiger partial charge in [0.05, 0.1) is 17.3 Å². The summed E-state index contributed by atoms with van der Waals surface area (Å²) in [5.41, 5.74) is 7.61. The predicted molar refractivity (Wildman–Crippen MR) is 108 cm³/mol. The van der Waals surface area contributed by atoms with Gasteiger partial charge in [-0.1, -0.05) is 17.7 Å². The number of oxazole rings is 1. The normalized spacial score (nSPS) is 10.6. The Morgan fingerprint density at radius 1 is 1.29 bits per heavy atom. The van der Waals surface area contributed by atoms with Crippen LogP contribution in [0.3, 0.4) is 0 Å². The molecule has 2 aromatic heterocycles. The highest BCUT2D eigenvalue weighted by Crippen LogP contribution is 2.29. The van der Waals surface area contributed by atoms with Gasteiger partial charge >= 0.3 is 0 Å². The van der Waals surface area contributed by atoms with Crippen molar-refractivity contribution in [1.29, 1.82) is 0 Å². The van der Waals surface area contributed by atoms with E-state index in [1.54, 1.807) is 24.4 Å². The number of carbonyl (C=O) groups excluding carboxylic acids is 1. The van der Waals surface area contributed by atoms with Crippen molar-refractivity contribution in [3.8, 4) is 17.0 Å². The Morgan fingerprint density at radius 3 is 2.79 bits per heavy atom. The van der Waals surface area contributed by atoms with E-state index in [-0.39, 0.29) is 11.7 Å². The Hall–Kier alpha value is -3.10. The fraction of sp³-hybridized carbons (Fsp3) is 0.211. The third-order valence-electron chi connectivity index (χ3n) is 3.86. The van der Waals surface area contributed by atoms with Gasteiger partial charge in [0.25, 0.3) is 11.9 Å². The van der Waals surface area contributed by atoms with Gasteiger partial charge in [0.1, 0.15) is 6.26 Å². The quantitative estimate of drug-likeness (QED) is 0.496. The average Bonchev–Trinajstić information content (AvgIpc) is 3.14. The smallest absolute Gasteiger partial charge is 0.292 e. The summed E-state index contributed by atoms with van der Waals surface area (Å²) in [5.74, 6) is 0.0916. The molecule has 0 aliphatic carbocycles. The second-order valence-corrected chi connectivity index (χ2v) is 6.32. The van der Waals surface area contributed by atoms with E-state index in [9.17, 15) is 4.79 Å². The zero-order chi connectivity index (χ0) is 19.9. The number of nitrogens with two attached hydrogens (primary N) is 1. The molecule has 3 aromatic rings. The van der Waals surface area contributed by atoms with E-state index in [4.69, 9.17) is 26.5 Å². The Morgan fingerprint density at radius 2 is 2.11 bits per heavy atom. The van der Waals surface area contributed by atoms with Gasteiger partial charge in [-0.05, 0) is 43.8 Å². The van der Waals surface area contributed by atoms with Crippen molar-refractivity contribution in [1.82, 2.24) is 15.3 Å². The van der Waals surface area contributed by atoms with Gasteiger partial charge in [-0.25, -0.2) is 4.98 Å². The molecule has 0 atom stereocenters. The molecule has 0 radical (unpaired) electrons. The van der Waals surface area contributed by atoms with Crippen molar-refractivity contribution in [3.05, 3.63) is 53.5 Å². The summed E-state index contributed by atoms with van der Waals surface area (Å²) in [6.45, 7) is 1.48. The van der Waals surface area contributed by atoms with Gasteiger partial charge in [0, 0.05) is 17.8 Å². The molecule has 8 nitrogen and oxygen atoms in total. The molecule has 1 amide bonds. The van der Waals surface area contributed by atoms with Crippen LogP contribution >= 0.6 is 11.6 Å². The Bertz CT molecular complexity index is 943. The van der Waals surface area contributed by atoms with E-state index < -0.39 is 5.91 Å². The van der Waals surface area contributed by atoms with E-state index in [1.807, 2.05) is 19.2 Å². The first-order chi connectivity index (χ1) is 13.6. The first-order valence-electron chi connectivity index (χ1n) is 8.62. The lowest BCUT2D eigenvalue weighted by atomic mass is 10.1. The van der Waals surface area contributed by atoms with Crippen LogP contribution in [0.15, 0.2) is 47.2 Å². The number of benzene rings is 1. The lowest BCUT2D eigenvalue weighted by molar-refractivity contribution is 0.102. The Labute approximate surface area is 167 Å². The van der Waals surface area contributed by atoms with E-state index in [1.165, 1.54) is 6.26 Å². The molecule has 0 saturated carbocycles. The molecular weight excluding hydrogens is 382 g/mol. The number of amides is 1. The molecule has 2 heterocycles. The summed E-state index contributed by atoms with van der Waals surface area (Å²) >= 11 is 6.20. The lowest BCUT2D eigenvalue weighted by Gasteiger charge is -2.10. The molecule has 0 unspecified atom stereocenters.